The van der Waals surface area contributed by atoms with Gasteiger partial charge >= 0.3 is 5.97 Å². The molecule has 1 aromatic carbocycles. The van der Waals surface area contributed by atoms with Gasteiger partial charge in [0.25, 0.3) is 0 Å². The van der Waals surface area contributed by atoms with Crippen LogP contribution in [-0.2, 0) is 11.3 Å². The van der Waals surface area contributed by atoms with E-state index in [0.717, 1.165) is 11.1 Å². The van der Waals surface area contributed by atoms with Gasteiger partial charge in [0.15, 0.2) is 0 Å². The fourth-order valence-corrected chi connectivity index (χ4v) is 2.14. The number of carbonyl (C=O) groups excluding carboxylic acids is 1. The summed E-state index contributed by atoms with van der Waals surface area (Å²) in [6.07, 6.45) is 1.79. The number of hydrogen-bond donors (Lipinski definition) is 0. The number of aromatic nitrogens is 1. The second-order valence-corrected chi connectivity index (χ2v) is 4.85. The number of nitrogens with zero attached hydrogens (tertiary/aromatic N) is 1. The molecule has 0 amide bonds. The second-order valence-electron chi connectivity index (χ2n) is 4.44. The van der Waals surface area contributed by atoms with E-state index in [2.05, 4.69) is 0 Å². The largest absolute Gasteiger partial charge is 0.461 e. The predicted octanol–water partition coefficient (Wildman–Crippen LogP) is 3.81. The summed E-state index contributed by atoms with van der Waals surface area (Å²) < 4.78 is 20.2. The Labute approximate surface area is 121 Å². The first-order chi connectivity index (χ1) is 9.52. The van der Waals surface area contributed by atoms with Gasteiger partial charge in [-0.05, 0) is 43.2 Å². The van der Waals surface area contributed by atoms with Crippen LogP contribution in [0.2, 0.25) is 5.02 Å². The third-order valence-corrected chi connectivity index (χ3v) is 3.28. The molecular formula is C15H15ClFNO2. The summed E-state index contributed by atoms with van der Waals surface area (Å²) in [5.74, 6) is -0.838. The minimum Gasteiger partial charge on any atom is -0.461 e. The van der Waals surface area contributed by atoms with Crippen molar-refractivity contribution in [2.24, 2.45) is 0 Å². The van der Waals surface area contributed by atoms with Crippen LogP contribution < -0.4 is 0 Å². The molecular weight excluding hydrogens is 281 g/mol. The van der Waals surface area contributed by atoms with E-state index in [1.54, 1.807) is 23.8 Å². The lowest BCUT2D eigenvalue weighted by Crippen LogP contribution is -2.13. The number of ether oxygens (including phenoxy) is 1. The molecule has 0 saturated heterocycles. The van der Waals surface area contributed by atoms with Crippen LogP contribution in [0.25, 0.3) is 0 Å². The first-order valence-electron chi connectivity index (χ1n) is 6.29. The summed E-state index contributed by atoms with van der Waals surface area (Å²) in [5, 5.41) is 0.0862. The Hall–Kier alpha value is -1.81. The van der Waals surface area contributed by atoms with Crippen molar-refractivity contribution in [1.82, 2.24) is 4.57 Å². The smallest absolute Gasteiger partial charge is 0.355 e. The molecule has 1 heterocycles. The van der Waals surface area contributed by atoms with E-state index in [9.17, 15) is 9.18 Å². The number of halogens is 2. The van der Waals surface area contributed by atoms with E-state index in [1.807, 2.05) is 13.0 Å². The number of carbonyl (C=O) groups is 1. The molecule has 0 spiro atoms. The molecule has 0 unspecified atom stereocenters. The molecule has 0 saturated carbocycles. The van der Waals surface area contributed by atoms with Crippen LogP contribution in [0, 0.1) is 12.7 Å². The van der Waals surface area contributed by atoms with E-state index < -0.39 is 5.82 Å². The highest BCUT2D eigenvalue weighted by Crippen LogP contribution is 2.18. The Balaban J connectivity index is 2.29. The monoisotopic (exact) mass is 295 g/mol. The van der Waals surface area contributed by atoms with E-state index in [1.165, 1.54) is 12.1 Å². The van der Waals surface area contributed by atoms with Gasteiger partial charge in [-0.15, -0.1) is 0 Å². The molecule has 0 bridgehead atoms. The summed E-state index contributed by atoms with van der Waals surface area (Å²) >= 11 is 5.65. The predicted molar refractivity (Wildman–Crippen MR) is 75.6 cm³/mol. The van der Waals surface area contributed by atoms with Gasteiger partial charge in [-0.2, -0.15) is 0 Å². The number of rotatable bonds is 4. The molecule has 0 aliphatic carbocycles. The first-order valence-corrected chi connectivity index (χ1v) is 6.67. The van der Waals surface area contributed by atoms with Crippen molar-refractivity contribution in [3.63, 3.8) is 0 Å². The summed E-state index contributed by atoms with van der Waals surface area (Å²) in [6.45, 7) is 4.30. The molecule has 0 atom stereocenters. The zero-order chi connectivity index (χ0) is 14.7. The maximum Gasteiger partial charge on any atom is 0.355 e. The lowest BCUT2D eigenvalue weighted by molar-refractivity contribution is 0.0513. The van der Waals surface area contributed by atoms with Crippen molar-refractivity contribution in [2.75, 3.05) is 6.61 Å². The summed E-state index contributed by atoms with van der Waals surface area (Å²) in [6, 6.07) is 6.44. The van der Waals surface area contributed by atoms with Gasteiger partial charge in [0.2, 0.25) is 0 Å². The molecule has 106 valence electrons. The van der Waals surface area contributed by atoms with Gasteiger partial charge in [-0.3, -0.25) is 0 Å². The van der Waals surface area contributed by atoms with Gasteiger partial charge in [-0.25, -0.2) is 9.18 Å². The minimum atomic E-state index is -0.467. The van der Waals surface area contributed by atoms with Crippen molar-refractivity contribution in [3.05, 3.63) is 58.1 Å². The Kier molecular flexibility index (Phi) is 4.45. The van der Waals surface area contributed by atoms with E-state index in [-0.39, 0.29) is 11.0 Å². The normalized spacial score (nSPS) is 10.6. The fraction of sp³-hybridized carbons (Fsp3) is 0.267. The van der Waals surface area contributed by atoms with Gasteiger partial charge in [-0.1, -0.05) is 17.7 Å². The lowest BCUT2D eigenvalue weighted by atomic mass is 10.2. The lowest BCUT2D eigenvalue weighted by Gasteiger charge is -2.10. The zero-order valence-corrected chi connectivity index (χ0v) is 12.1. The Morgan fingerprint density at radius 3 is 2.80 bits per heavy atom. The van der Waals surface area contributed by atoms with Gasteiger partial charge in [0.1, 0.15) is 11.5 Å². The Bertz CT molecular complexity index is 637. The van der Waals surface area contributed by atoms with E-state index in [0.29, 0.717) is 18.8 Å². The summed E-state index contributed by atoms with van der Waals surface area (Å²) in [7, 11) is 0. The molecule has 0 aliphatic heterocycles. The molecule has 5 heteroatoms. The maximum absolute atomic E-state index is 13.4. The molecule has 3 nitrogen and oxygen atoms in total. The molecule has 0 N–H and O–H groups in total. The van der Waals surface area contributed by atoms with Gasteiger partial charge < -0.3 is 9.30 Å². The van der Waals surface area contributed by atoms with Crippen molar-refractivity contribution in [3.8, 4) is 0 Å². The molecule has 0 fully saturated rings. The molecule has 20 heavy (non-hydrogen) atoms. The van der Waals surface area contributed by atoms with Crippen LogP contribution in [0.4, 0.5) is 4.39 Å². The molecule has 0 radical (unpaired) electrons. The number of hydrogen-bond acceptors (Lipinski definition) is 2. The average molecular weight is 296 g/mol. The standard InChI is InChI=1S/C15H15ClFNO2/c1-3-20-15(19)14-10(2)6-7-18(14)9-11-4-5-12(16)13(17)8-11/h4-8H,3,9H2,1-2H3. The molecule has 1 aromatic heterocycles. The third-order valence-electron chi connectivity index (χ3n) is 2.97. The van der Waals surface area contributed by atoms with Crippen LogP contribution in [0.1, 0.15) is 28.5 Å². The average Bonchev–Trinajstić information content (AvgIpc) is 2.75. The van der Waals surface area contributed by atoms with Crippen LogP contribution in [0.3, 0.4) is 0 Å². The van der Waals surface area contributed by atoms with E-state index in [4.69, 9.17) is 16.3 Å². The fourth-order valence-electron chi connectivity index (χ4n) is 2.03. The number of esters is 1. The Morgan fingerprint density at radius 2 is 2.15 bits per heavy atom. The van der Waals surface area contributed by atoms with Gasteiger partial charge in [0.05, 0.1) is 11.6 Å². The maximum atomic E-state index is 13.4. The quantitative estimate of drug-likeness (QED) is 0.803. The highest BCUT2D eigenvalue weighted by Gasteiger charge is 2.16. The van der Waals surface area contributed by atoms with E-state index >= 15 is 0 Å². The van der Waals surface area contributed by atoms with Crippen molar-refractivity contribution < 1.29 is 13.9 Å². The van der Waals surface area contributed by atoms with Crippen LogP contribution in [-0.4, -0.2) is 17.1 Å². The molecule has 0 aliphatic rings. The Morgan fingerprint density at radius 1 is 1.40 bits per heavy atom. The molecule has 2 rings (SSSR count). The van der Waals surface area contributed by atoms with Crippen molar-refractivity contribution >= 4 is 17.6 Å². The van der Waals surface area contributed by atoms with Crippen LogP contribution in [0.15, 0.2) is 30.5 Å². The highest BCUT2D eigenvalue weighted by molar-refractivity contribution is 6.30. The number of benzene rings is 1. The first kappa shape index (κ1) is 14.6. The topological polar surface area (TPSA) is 31.2 Å². The highest BCUT2D eigenvalue weighted by atomic mass is 35.5. The third kappa shape index (κ3) is 3.02. The molecule has 2 aromatic rings. The van der Waals surface area contributed by atoms with Crippen molar-refractivity contribution in [2.45, 2.75) is 20.4 Å². The second kappa shape index (κ2) is 6.09. The SMILES string of the molecule is CCOC(=O)c1c(C)ccn1Cc1ccc(Cl)c(F)c1. The number of aryl methyl sites for hydroxylation is 1. The van der Waals surface area contributed by atoms with Crippen LogP contribution >= 0.6 is 11.6 Å². The minimum absolute atomic E-state index is 0.0862. The zero-order valence-electron chi connectivity index (χ0n) is 11.3. The summed E-state index contributed by atoms with van der Waals surface area (Å²) in [4.78, 5) is 11.9. The van der Waals surface area contributed by atoms with Crippen LogP contribution in [0.5, 0.6) is 0 Å². The van der Waals surface area contributed by atoms with Gasteiger partial charge in [0, 0.05) is 12.7 Å². The van der Waals surface area contributed by atoms with Crippen molar-refractivity contribution in [1.29, 1.82) is 0 Å². The summed E-state index contributed by atoms with van der Waals surface area (Å²) in [5.41, 5.74) is 2.05.